The summed E-state index contributed by atoms with van der Waals surface area (Å²) in [6, 6.07) is 0. The quantitative estimate of drug-likeness (QED) is 0.501. The Kier molecular flexibility index (Phi) is 1.83. The summed E-state index contributed by atoms with van der Waals surface area (Å²) in [5.41, 5.74) is 0.166. The lowest BCUT2D eigenvalue weighted by atomic mass is 9.65. The van der Waals surface area contributed by atoms with Crippen LogP contribution in [-0.4, -0.2) is 23.3 Å². The molecular weight excluding hydrogens is 180 g/mol. The summed E-state index contributed by atoms with van der Waals surface area (Å²) in [5.74, 6) is -0.701. The van der Waals surface area contributed by atoms with Crippen LogP contribution in [0.4, 0.5) is 0 Å². The molecule has 3 nitrogen and oxygen atoms in total. The van der Waals surface area contributed by atoms with Gasteiger partial charge in [-0.05, 0) is 5.57 Å². The molecule has 0 amide bonds. The molecule has 2 fully saturated rings. The highest BCUT2D eigenvalue weighted by molar-refractivity contribution is 5.81. The monoisotopic (exact) mass is 194 g/mol. The minimum atomic E-state index is -0.621. The molecule has 1 N–H and O–H groups in total. The molecule has 1 saturated carbocycles. The molecule has 2 bridgehead atoms. The van der Waals surface area contributed by atoms with Gasteiger partial charge in [-0.1, -0.05) is 19.6 Å². The van der Waals surface area contributed by atoms with Gasteiger partial charge >= 0.3 is 5.97 Å². The van der Waals surface area contributed by atoms with Crippen LogP contribution in [0.5, 0.6) is 0 Å². The van der Waals surface area contributed by atoms with Crippen molar-refractivity contribution in [3.63, 3.8) is 0 Å². The Labute approximate surface area is 83.1 Å². The summed E-state index contributed by atoms with van der Waals surface area (Å²) in [7, 11) is 0. The molecule has 1 aliphatic heterocycles. The minimum absolute atomic E-state index is 0.252. The zero-order valence-corrected chi connectivity index (χ0v) is 8.19. The highest BCUT2D eigenvalue weighted by Crippen LogP contribution is 2.51. The molecule has 3 heteroatoms. The van der Waals surface area contributed by atoms with Crippen LogP contribution in [0.2, 0.25) is 0 Å². The number of fused-ring (bicyclic) bond motifs is 2. The van der Waals surface area contributed by atoms with E-state index in [1.807, 2.05) is 6.92 Å². The first-order valence-electron chi connectivity index (χ1n) is 4.71. The Morgan fingerprint density at radius 3 is 2.93 bits per heavy atom. The molecule has 0 spiro atoms. The number of hydrogen-bond donors (Lipinski definition) is 1. The van der Waals surface area contributed by atoms with E-state index in [1.165, 1.54) is 0 Å². The summed E-state index contributed by atoms with van der Waals surface area (Å²) >= 11 is 0. The molecule has 0 aromatic rings. The standard InChI is InChI=1S/C11H14O3/c1-4-11(3)8-5-7(12)6(2)9(11)10(13)14-8/h4,7-9,12H,1-2,5H2,3H3/t7-,8+,9+,11-/m1/s1. The average Bonchev–Trinajstić information content (AvgIpc) is 2.30. The van der Waals surface area contributed by atoms with E-state index in [9.17, 15) is 9.90 Å². The van der Waals surface area contributed by atoms with Gasteiger partial charge in [-0.15, -0.1) is 6.58 Å². The highest BCUT2D eigenvalue weighted by atomic mass is 16.6. The lowest BCUT2D eigenvalue weighted by Crippen LogP contribution is -2.42. The number of rotatable bonds is 1. The van der Waals surface area contributed by atoms with Crippen molar-refractivity contribution in [1.29, 1.82) is 0 Å². The van der Waals surface area contributed by atoms with Crippen LogP contribution in [0.15, 0.2) is 24.8 Å². The van der Waals surface area contributed by atoms with Crippen LogP contribution >= 0.6 is 0 Å². The summed E-state index contributed by atoms with van der Waals surface area (Å²) in [6.07, 6.45) is 1.30. The Morgan fingerprint density at radius 1 is 1.71 bits per heavy atom. The van der Waals surface area contributed by atoms with Crippen LogP contribution < -0.4 is 0 Å². The number of ether oxygens (including phenoxy) is 1. The lowest BCUT2D eigenvalue weighted by molar-refractivity contribution is -0.142. The molecule has 14 heavy (non-hydrogen) atoms. The molecule has 76 valence electrons. The van der Waals surface area contributed by atoms with Gasteiger partial charge in [0.25, 0.3) is 0 Å². The SMILES string of the molecule is C=C[C@@]1(C)[C@H]2C(=C)[C@H](O)C[C@@H]1OC2=O. The van der Waals surface area contributed by atoms with E-state index in [2.05, 4.69) is 13.2 Å². The van der Waals surface area contributed by atoms with Crippen LogP contribution in [0.1, 0.15) is 13.3 Å². The fourth-order valence-electron chi connectivity index (χ4n) is 2.42. The van der Waals surface area contributed by atoms with Crippen LogP contribution in [0.25, 0.3) is 0 Å². The number of carbonyl (C=O) groups is 1. The van der Waals surface area contributed by atoms with Crippen molar-refractivity contribution < 1.29 is 14.6 Å². The van der Waals surface area contributed by atoms with Crippen molar-refractivity contribution in [1.82, 2.24) is 0 Å². The van der Waals surface area contributed by atoms with Gasteiger partial charge in [-0.25, -0.2) is 0 Å². The fraction of sp³-hybridized carbons (Fsp3) is 0.545. The van der Waals surface area contributed by atoms with E-state index < -0.39 is 17.4 Å². The summed E-state index contributed by atoms with van der Waals surface area (Å²) in [6.45, 7) is 9.43. The van der Waals surface area contributed by atoms with Crippen molar-refractivity contribution in [2.75, 3.05) is 0 Å². The molecule has 4 atom stereocenters. The number of aliphatic hydroxyl groups is 1. The zero-order chi connectivity index (χ0) is 10.5. The van der Waals surface area contributed by atoms with Gasteiger partial charge < -0.3 is 9.84 Å². The van der Waals surface area contributed by atoms with E-state index in [4.69, 9.17) is 4.74 Å². The number of hydrogen-bond acceptors (Lipinski definition) is 3. The van der Waals surface area contributed by atoms with Gasteiger partial charge in [0.15, 0.2) is 0 Å². The van der Waals surface area contributed by atoms with Gasteiger partial charge in [0.2, 0.25) is 0 Å². The second-order valence-corrected chi connectivity index (χ2v) is 4.26. The summed E-state index contributed by atoms with van der Waals surface area (Å²) in [4.78, 5) is 11.5. The van der Waals surface area contributed by atoms with Gasteiger partial charge in [-0.2, -0.15) is 0 Å². The highest BCUT2D eigenvalue weighted by Gasteiger charge is 2.58. The van der Waals surface area contributed by atoms with E-state index in [-0.39, 0.29) is 12.1 Å². The first-order chi connectivity index (χ1) is 6.50. The predicted molar refractivity (Wildman–Crippen MR) is 51.4 cm³/mol. The second kappa shape index (κ2) is 2.70. The first-order valence-corrected chi connectivity index (χ1v) is 4.71. The third kappa shape index (κ3) is 0.932. The van der Waals surface area contributed by atoms with Gasteiger partial charge in [0, 0.05) is 11.8 Å². The summed E-state index contributed by atoms with van der Waals surface area (Å²) < 4.78 is 5.20. The van der Waals surface area contributed by atoms with Gasteiger partial charge in [0.1, 0.15) is 6.10 Å². The Hall–Kier alpha value is -1.09. The maximum absolute atomic E-state index is 11.5. The molecule has 2 rings (SSSR count). The first kappa shape index (κ1) is 9.46. The Balaban J connectivity index is 2.47. The van der Waals surface area contributed by atoms with Crippen molar-refractivity contribution in [3.05, 3.63) is 24.8 Å². The third-order valence-corrected chi connectivity index (χ3v) is 3.49. The van der Waals surface area contributed by atoms with Crippen LogP contribution in [0, 0.1) is 11.3 Å². The molecule has 1 saturated heterocycles. The fourth-order valence-corrected chi connectivity index (χ4v) is 2.42. The van der Waals surface area contributed by atoms with Crippen molar-refractivity contribution in [3.8, 4) is 0 Å². The normalized spacial score (nSPS) is 46.3. The van der Waals surface area contributed by atoms with Crippen LogP contribution in [-0.2, 0) is 9.53 Å². The second-order valence-electron chi connectivity index (χ2n) is 4.26. The van der Waals surface area contributed by atoms with E-state index >= 15 is 0 Å². The lowest BCUT2D eigenvalue weighted by Gasteiger charge is -2.37. The smallest absolute Gasteiger partial charge is 0.314 e. The van der Waals surface area contributed by atoms with Crippen molar-refractivity contribution >= 4 is 5.97 Å². The van der Waals surface area contributed by atoms with Crippen LogP contribution in [0.3, 0.4) is 0 Å². The molecule has 1 heterocycles. The van der Waals surface area contributed by atoms with Gasteiger partial charge in [-0.3, -0.25) is 4.79 Å². The molecule has 2 aliphatic rings. The molecule has 1 aliphatic carbocycles. The topological polar surface area (TPSA) is 46.5 Å². The van der Waals surface area contributed by atoms with E-state index in [0.717, 1.165) is 0 Å². The predicted octanol–water partition coefficient (Wildman–Crippen LogP) is 1.04. The Bertz CT molecular complexity index is 320. The molecular formula is C11H14O3. The zero-order valence-electron chi connectivity index (χ0n) is 8.19. The third-order valence-electron chi connectivity index (χ3n) is 3.49. The van der Waals surface area contributed by atoms with Crippen molar-refractivity contribution in [2.24, 2.45) is 11.3 Å². The Morgan fingerprint density at radius 2 is 2.36 bits per heavy atom. The largest absolute Gasteiger partial charge is 0.461 e. The molecule has 0 radical (unpaired) electrons. The van der Waals surface area contributed by atoms with Gasteiger partial charge in [0.05, 0.1) is 12.0 Å². The van der Waals surface area contributed by atoms with E-state index in [1.54, 1.807) is 6.08 Å². The molecule has 0 aromatic carbocycles. The number of esters is 1. The average molecular weight is 194 g/mol. The number of aliphatic hydroxyl groups excluding tert-OH is 1. The minimum Gasteiger partial charge on any atom is -0.461 e. The maximum Gasteiger partial charge on any atom is 0.314 e. The van der Waals surface area contributed by atoms with Crippen molar-refractivity contribution in [2.45, 2.75) is 25.6 Å². The summed E-state index contributed by atoms with van der Waals surface area (Å²) in [5, 5.41) is 9.64. The maximum atomic E-state index is 11.5. The van der Waals surface area contributed by atoms with E-state index in [0.29, 0.717) is 12.0 Å². The molecule has 0 unspecified atom stereocenters. The molecule has 0 aromatic heterocycles. The number of carbonyl (C=O) groups excluding carboxylic acids is 1.